The maximum atomic E-state index is 10.9. The summed E-state index contributed by atoms with van der Waals surface area (Å²) in [5, 5.41) is 12.4. The van der Waals surface area contributed by atoms with Crippen LogP contribution in [0.1, 0.15) is 57.1 Å². The van der Waals surface area contributed by atoms with Gasteiger partial charge < -0.3 is 24.1 Å². The van der Waals surface area contributed by atoms with Crippen molar-refractivity contribution in [3.63, 3.8) is 0 Å². The maximum absolute atomic E-state index is 10.9. The molecule has 1 unspecified atom stereocenters. The summed E-state index contributed by atoms with van der Waals surface area (Å²) in [7, 11) is 6.45. The number of fused-ring (bicyclic) bond motifs is 1. The summed E-state index contributed by atoms with van der Waals surface area (Å²) in [6, 6.07) is 5.52. The van der Waals surface area contributed by atoms with E-state index in [1.54, 1.807) is 28.4 Å². The van der Waals surface area contributed by atoms with Crippen molar-refractivity contribution >= 4 is 10.8 Å². The van der Waals surface area contributed by atoms with Gasteiger partial charge in [0.2, 0.25) is 0 Å². The second kappa shape index (κ2) is 10.3. The van der Waals surface area contributed by atoms with Gasteiger partial charge in [-0.3, -0.25) is 0 Å². The molecule has 0 radical (unpaired) electrons. The predicted molar refractivity (Wildman–Crippen MR) is 108 cm³/mol. The van der Waals surface area contributed by atoms with Gasteiger partial charge in [0.05, 0.1) is 45.3 Å². The molecule has 5 nitrogen and oxygen atoms in total. The first kappa shape index (κ1) is 21.2. The molecule has 2 aromatic rings. The molecule has 0 heterocycles. The largest absolute Gasteiger partial charge is 0.496 e. The highest BCUT2D eigenvalue weighted by Crippen LogP contribution is 2.48. The minimum atomic E-state index is -0.629. The fourth-order valence-corrected chi connectivity index (χ4v) is 3.52. The molecule has 0 saturated carbocycles. The van der Waals surface area contributed by atoms with Crippen LogP contribution in [0.3, 0.4) is 0 Å². The van der Waals surface area contributed by atoms with Crippen LogP contribution in [-0.2, 0) is 0 Å². The number of aliphatic hydroxyl groups excluding tert-OH is 1. The minimum Gasteiger partial charge on any atom is -0.496 e. The lowest BCUT2D eigenvalue weighted by Gasteiger charge is -2.21. The smallest absolute Gasteiger partial charge is 0.136 e. The number of unbranched alkanes of at least 4 members (excludes halogenated alkanes) is 4. The number of hydrogen-bond acceptors (Lipinski definition) is 5. The molecule has 1 N–H and O–H groups in total. The van der Waals surface area contributed by atoms with Crippen LogP contribution >= 0.6 is 0 Å². The van der Waals surface area contributed by atoms with E-state index in [2.05, 4.69) is 6.92 Å². The average molecular weight is 376 g/mol. The molecule has 0 aliphatic heterocycles. The molecule has 0 saturated heterocycles. The number of aliphatic hydroxyl groups is 1. The van der Waals surface area contributed by atoms with Gasteiger partial charge in [-0.1, -0.05) is 39.0 Å². The molecule has 0 spiro atoms. The number of rotatable bonds is 11. The zero-order valence-corrected chi connectivity index (χ0v) is 17.1. The Morgan fingerprint density at radius 2 is 1.37 bits per heavy atom. The third kappa shape index (κ3) is 4.59. The van der Waals surface area contributed by atoms with Gasteiger partial charge in [0.25, 0.3) is 0 Å². The van der Waals surface area contributed by atoms with Crippen LogP contribution in [0.25, 0.3) is 10.8 Å². The summed E-state index contributed by atoms with van der Waals surface area (Å²) in [5.74, 6) is 2.55. The predicted octanol–water partition coefficient (Wildman–Crippen LogP) is 5.27. The Hall–Kier alpha value is -2.14. The first-order valence-corrected chi connectivity index (χ1v) is 9.60. The zero-order chi connectivity index (χ0) is 19.8. The molecule has 0 amide bonds. The molecule has 0 fully saturated rings. The average Bonchev–Trinajstić information content (AvgIpc) is 2.71. The number of hydrogen-bond donors (Lipinski definition) is 1. The van der Waals surface area contributed by atoms with Crippen LogP contribution in [0.2, 0.25) is 0 Å². The third-order valence-corrected chi connectivity index (χ3v) is 4.96. The Bertz CT molecular complexity index is 741. The van der Waals surface area contributed by atoms with E-state index in [9.17, 15) is 5.11 Å². The van der Waals surface area contributed by atoms with Gasteiger partial charge in [0.15, 0.2) is 0 Å². The highest BCUT2D eigenvalue weighted by molar-refractivity contribution is 6.03. The Balaban J connectivity index is 2.50. The van der Waals surface area contributed by atoms with Gasteiger partial charge in [-0.2, -0.15) is 0 Å². The van der Waals surface area contributed by atoms with Crippen LogP contribution in [0.4, 0.5) is 0 Å². The Kier molecular flexibility index (Phi) is 8.04. The molecule has 0 aromatic heterocycles. The maximum Gasteiger partial charge on any atom is 0.136 e. The number of benzene rings is 2. The summed E-state index contributed by atoms with van der Waals surface area (Å²) in [4.78, 5) is 0. The van der Waals surface area contributed by atoms with Crippen molar-refractivity contribution in [1.29, 1.82) is 0 Å². The monoisotopic (exact) mass is 376 g/mol. The molecule has 2 aromatic carbocycles. The van der Waals surface area contributed by atoms with Crippen molar-refractivity contribution in [3.8, 4) is 23.0 Å². The van der Waals surface area contributed by atoms with Gasteiger partial charge in [0.1, 0.15) is 23.0 Å². The van der Waals surface area contributed by atoms with Crippen molar-refractivity contribution in [2.75, 3.05) is 28.4 Å². The lowest BCUT2D eigenvalue weighted by molar-refractivity contribution is 0.159. The summed E-state index contributed by atoms with van der Waals surface area (Å²) in [6.45, 7) is 2.20. The minimum absolute atomic E-state index is 0.600. The molecular formula is C22H32O5. The van der Waals surface area contributed by atoms with Crippen LogP contribution in [-0.4, -0.2) is 33.5 Å². The summed E-state index contributed by atoms with van der Waals surface area (Å²) >= 11 is 0. The lowest BCUT2D eigenvalue weighted by atomic mass is 9.96. The van der Waals surface area contributed by atoms with Gasteiger partial charge in [-0.05, 0) is 24.6 Å². The number of ether oxygens (including phenoxy) is 4. The molecule has 2 rings (SSSR count). The first-order chi connectivity index (χ1) is 13.1. The van der Waals surface area contributed by atoms with Crippen LogP contribution in [0.15, 0.2) is 18.2 Å². The highest BCUT2D eigenvalue weighted by atomic mass is 16.5. The second-order valence-corrected chi connectivity index (χ2v) is 6.64. The van der Waals surface area contributed by atoms with Crippen LogP contribution in [0, 0.1) is 0 Å². The van der Waals surface area contributed by atoms with Crippen LogP contribution in [0.5, 0.6) is 23.0 Å². The molecule has 1 atom stereocenters. The number of methoxy groups -OCH3 is 4. The second-order valence-electron chi connectivity index (χ2n) is 6.64. The molecular weight excluding hydrogens is 344 g/mol. The van der Waals surface area contributed by atoms with Gasteiger partial charge in [-0.15, -0.1) is 0 Å². The topological polar surface area (TPSA) is 57.2 Å². The van der Waals surface area contributed by atoms with E-state index in [1.165, 1.54) is 19.3 Å². The molecule has 27 heavy (non-hydrogen) atoms. The SMILES string of the molecule is CCCCCCCC(O)c1cc(OC)c2c(OC)ccc(OC)c2c1OC. The van der Waals surface area contributed by atoms with Crippen molar-refractivity contribution in [3.05, 3.63) is 23.8 Å². The van der Waals surface area contributed by atoms with Crippen molar-refractivity contribution < 1.29 is 24.1 Å². The molecule has 5 heteroatoms. The third-order valence-electron chi connectivity index (χ3n) is 4.96. The molecule has 0 bridgehead atoms. The Labute approximate surface area is 162 Å². The standard InChI is InChI=1S/C22H32O5/c1-6-7-8-9-10-11-16(23)15-14-19(26-4)20-17(24-2)12-13-18(25-3)21(20)22(15)27-5/h12-14,16,23H,6-11H2,1-5H3. The van der Waals surface area contributed by atoms with E-state index in [0.29, 0.717) is 35.0 Å². The van der Waals surface area contributed by atoms with Gasteiger partial charge in [-0.25, -0.2) is 0 Å². The Morgan fingerprint density at radius 3 is 1.93 bits per heavy atom. The zero-order valence-electron chi connectivity index (χ0n) is 17.1. The van der Waals surface area contributed by atoms with E-state index < -0.39 is 6.10 Å². The Morgan fingerprint density at radius 1 is 0.778 bits per heavy atom. The molecule has 0 aliphatic rings. The molecule has 150 valence electrons. The van der Waals surface area contributed by atoms with E-state index in [4.69, 9.17) is 18.9 Å². The summed E-state index contributed by atoms with van der Waals surface area (Å²) in [6.07, 6.45) is 5.79. The van der Waals surface area contributed by atoms with E-state index >= 15 is 0 Å². The first-order valence-electron chi connectivity index (χ1n) is 9.60. The van der Waals surface area contributed by atoms with Gasteiger partial charge >= 0.3 is 0 Å². The summed E-state index contributed by atoms with van der Waals surface area (Å²) in [5.41, 5.74) is 0.712. The highest BCUT2D eigenvalue weighted by Gasteiger charge is 2.24. The fourth-order valence-electron chi connectivity index (χ4n) is 3.52. The lowest BCUT2D eigenvalue weighted by Crippen LogP contribution is -2.04. The fraction of sp³-hybridized carbons (Fsp3) is 0.545. The van der Waals surface area contributed by atoms with Gasteiger partial charge in [0, 0.05) is 5.56 Å². The van der Waals surface area contributed by atoms with E-state index in [-0.39, 0.29) is 0 Å². The van der Waals surface area contributed by atoms with Crippen LogP contribution < -0.4 is 18.9 Å². The van der Waals surface area contributed by atoms with E-state index in [0.717, 1.165) is 23.6 Å². The van der Waals surface area contributed by atoms with Crippen molar-refractivity contribution in [2.24, 2.45) is 0 Å². The van der Waals surface area contributed by atoms with E-state index in [1.807, 2.05) is 18.2 Å². The van der Waals surface area contributed by atoms with Crippen molar-refractivity contribution in [2.45, 2.75) is 51.6 Å². The quantitative estimate of drug-likeness (QED) is 0.542. The molecule has 0 aliphatic carbocycles. The van der Waals surface area contributed by atoms with Crippen molar-refractivity contribution in [1.82, 2.24) is 0 Å². The summed E-state index contributed by atoms with van der Waals surface area (Å²) < 4.78 is 22.4. The normalized spacial score (nSPS) is 12.1.